The minimum atomic E-state index is 0.669. The number of rotatable bonds is 8. The molecule has 2 aliphatic rings. The van der Waals surface area contributed by atoms with E-state index in [1.54, 1.807) is 0 Å². The highest BCUT2D eigenvalue weighted by molar-refractivity contribution is 6.42. The first-order chi connectivity index (χ1) is 13.2. The third-order valence-corrected chi connectivity index (χ3v) is 7.73. The Kier molecular flexibility index (Phi) is 8.81. The molecule has 0 aromatic heterocycles. The largest absolute Gasteiger partial charge is 0.381 e. The lowest BCUT2D eigenvalue weighted by Gasteiger charge is -2.38. The maximum atomic E-state index is 6.22. The number of halogens is 2. The first kappa shape index (κ1) is 21.5. The fourth-order valence-corrected chi connectivity index (χ4v) is 5.67. The van der Waals surface area contributed by atoms with E-state index in [-0.39, 0.29) is 0 Å². The third-order valence-electron chi connectivity index (χ3n) is 6.99. The van der Waals surface area contributed by atoms with E-state index in [4.69, 9.17) is 27.9 Å². The molecule has 2 aliphatic carbocycles. The second-order valence-corrected chi connectivity index (χ2v) is 9.64. The van der Waals surface area contributed by atoms with Gasteiger partial charge in [-0.05, 0) is 99.2 Å². The first-order valence-corrected chi connectivity index (χ1v) is 12.0. The zero-order chi connectivity index (χ0) is 19.1. The van der Waals surface area contributed by atoms with Crippen LogP contribution in [0.4, 0.5) is 0 Å². The molecular weight excluding hydrogens is 375 g/mol. The first-order valence-electron chi connectivity index (χ1n) is 11.2. The molecule has 2 saturated carbocycles. The molecule has 0 unspecified atom stereocenters. The standard InChI is InChI=1S/C24H36Cl2O/c1-2-15-27-16-3-4-18-5-7-19(8-6-18)20-9-11-21(12-10-20)22-13-14-23(25)24(26)17-22/h13-14,17-21H,2-12,15-16H2,1H3. The van der Waals surface area contributed by atoms with Gasteiger partial charge in [0.25, 0.3) is 0 Å². The van der Waals surface area contributed by atoms with Crippen molar-refractivity contribution in [3.05, 3.63) is 33.8 Å². The van der Waals surface area contributed by atoms with Gasteiger partial charge in [-0.3, -0.25) is 0 Å². The van der Waals surface area contributed by atoms with E-state index in [0.717, 1.165) is 37.4 Å². The summed E-state index contributed by atoms with van der Waals surface area (Å²) in [7, 11) is 0. The van der Waals surface area contributed by atoms with Crippen molar-refractivity contribution in [1.82, 2.24) is 0 Å². The highest BCUT2D eigenvalue weighted by Gasteiger charge is 2.31. The van der Waals surface area contributed by atoms with Gasteiger partial charge in [-0.1, -0.05) is 49.0 Å². The van der Waals surface area contributed by atoms with Crippen LogP contribution in [0, 0.1) is 17.8 Å². The van der Waals surface area contributed by atoms with Crippen LogP contribution in [-0.2, 0) is 4.74 Å². The maximum Gasteiger partial charge on any atom is 0.0595 e. The van der Waals surface area contributed by atoms with Crippen molar-refractivity contribution in [2.45, 2.75) is 83.5 Å². The zero-order valence-corrected chi connectivity index (χ0v) is 18.4. The second-order valence-electron chi connectivity index (χ2n) is 8.82. The molecule has 0 bridgehead atoms. The second kappa shape index (κ2) is 11.1. The summed E-state index contributed by atoms with van der Waals surface area (Å²) in [5.41, 5.74) is 1.39. The van der Waals surface area contributed by atoms with Crippen molar-refractivity contribution in [3.8, 4) is 0 Å². The lowest BCUT2D eigenvalue weighted by molar-refractivity contribution is 0.117. The van der Waals surface area contributed by atoms with E-state index in [1.807, 2.05) is 6.07 Å². The summed E-state index contributed by atoms with van der Waals surface area (Å²) in [4.78, 5) is 0. The van der Waals surface area contributed by atoms with Crippen LogP contribution in [0.5, 0.6) is 0 Å². The topological polar surface area (TPSA) is 9.23 Å². The number of hydrogen-bond donors (Lipinski definition) is 0. The van der Waals surface area contributed by atoms with Gasteiger partial charge in [0.05, 0.1) is 10.0 Å². The molecule has 152 valence electrons. The fourth-order valence-electron chi connectivity index (χ4n) is 5.36. The Bertz CT molecular complexity index is 557. The monoisotopic (exact) mass is 410 g/mol. The van der Waals surface area contributed by atoms with E-state index in [1.165, 1.54) is 69.8 Å². The Morgan fingerprint density at radius 2 is 1.52 bits per heavy atom. The Hall–Kier alpha value is -0.240. The average Bonchev–Trinajstić information content (AvgIpc) is 2.71. The molecule has 0 saturated heterocycles. The van der Waals surface area contributed by atoms with Crippen molar-refractivity contribution in [3.63, 3.8) is 0 Å². The van der Waals surface area contributed by atoms with Crippen LogP contribution >= 0.6 is 23.2 Å². The summed E-state index contributed by atoms with van der Waals surface area (Å²) >= 11 is 12.3. The highest BCUT2D eigenvalue weighted by Crippen LogP contribution is 2.45. The van der Waals surface area contributed by atoms with Gasteiger partial charge in [0, 0.05) is 13.2 Å². The molecule has 27 heavy (non-hydrogen) atoms. The normalized spacial score (nSPS) is 29.0. The molecule has 0 aliphatic heterocycles. The molecule has 1 nitrogen and oxygen atoms in total. The number of ether oxygens (including phenoxy) is 1. The Balaban J connectivity index is 1.36. The van der Waals surface area contributed by atoms with Gasteiger partial charge in [-0.25, -0.2) is 0 Å². The third kappa shape index (κ3) is 6.38. The van der Waals surface area contributed by atoms with Crippen LogP contribution in [-0.4, -0.2) is 13.2 Å². The van der Waals surface area contributed by atoms with E-state index in [2.05, 4.69) is 19.1 Å². The molecule has 3 heteroatoms. The van der Waals surface area contributed by atoms with Gasteiger partial charge in [-0.15, -0.1) is 0 Å². The minimum absolute atomic E-state index is 0.669. The smallest absolute Gasteiger partial charge is 0.0595 e. The Labute approximate surface area is 176 Å². The molecular formula is C24H36Cl2O. The van der Waals surface area contributed by atoms with Crippen molar-refractivity contribution in [2.24, 2.45) is 17.8 Å². The minimum Gasteiger partial charge on any atom is -0.381 e. The molecule has 1 aromatic rings. The summed E-state index contributed by atoms with van der Waals surface area (Å²) < 4.78 is 5.63. The maximum absolute atomic E-state index is 6.22. The van der Waals surface area contributed by atoms with Gasteiger partial charge in [0.1, 0.15) is 0 Å². The Morgan fingerprint density at radius 3 is 2.15 bits per heavy atom. The lowest BCUT2D eigenvalue weighted by atomic mass is 9.68. The Morgan fingerprint density at radius 1 is 0.852 bits per heavy atom. The average molecular weight is 411 g/mol. The van der Waals surface area contributed by atoms with Gasteiger partial charge >= 0.3 is 0 Å². The fraction of sp³-hybridized carbons (Fsp3) is 0.750. The van der Waals surface area contributed by atoms with E-state index in [0.29, 0.717) is 16.0 Å². The SMILES string of the molecule is CCCOCCCC1CCC(C2CCC(c3ccc(Cl)c(Cl)c3)CC2)CC1. The summed E-state index contributed by atoms with van der Waals surface area (Å²) in [5, 5.41) is 1.37. The molecule has 0 amide bonds. The summed E-state index contributed by atoms with van der Waals surface area (Å²) in [5.74, 6) is 3.57. The molecule has 0 N–H and O–H groups in total. The van der Waals surface area contributed by atoms with Crippen LogP contribution in [0.3, 0.4) is 0 Å². The summed E-state index contributed by atoms with van der Waals surface area (Å²) in [6.45, 7) is 4.07. The predicted molar refractivity (Wildman–Crippen MR) is 117 cm³/mol. The molecule has 3 rings (SSSR count). The van der Waals surface area contributed by atoms with Gasteiger partial charge in [-0.2, -0.15) is 0 Å². The van der Waals surface area contributed by atoms with Gasteiger partial charge in [0.15, 0.2) is 0 Å². The summed E-state index contributed by atoms with van der Waals surface area (Å²) in [6, 6.07) is 6.22. The van der Waals surface area contributed by atoms with Crippen molar-refractivity contribution >= 4 is 23.2 Å². The van der Waals surface area contributed by atoms with Crippen LogP contribution in [0.15, 0.2) is 18.2 Å². The van der Waals surface area contributed by atoms with Crippen LogP contribution in [0.1, 0.15) is 89.0 Å². The number of benzene rings is 1. The lowest BCUT2D eigenvalue weighted by Crippen LogP contribution is -2.25. The number of hydrogen-bond acceptors (Lipinski definition) is 1. The predicted octanol–water partition coefficient (Wildman–Crippen LogP) is 8.28. The van der Waals surface area contributed by atoms with E-state index < -0.39 is 0 Å². The van der Waals surface area contributed by atoms with Crippen LogP contribution in [0.2, 0.25) is 10.0 Å². The van der Waals surface area contributed by atoms with E-state index >= 15 is 0 Å². The van der Waals surface area contributed by atoms with Crippen LogP contribution in [0.25, 0.3) is 0 Å². The van der Waals surface area contributed by atoms with Gasteiger partial charge in [0.2, 0.25) is 0 Å². The zero-order valence-electron chi connectivity index (χ0n) is 16.9. The van der Waals surface area contributed by atoms with Crippen molar-refractivity contribution < 1.29 is 4.74 Å². The quantitative estimate of drug-likeness (QED) is 0.391. The van der Waals surface area contributed by atoms with Gasteiger partial charge < -0.3 is 4.74 Å². The summed E-state index contributed by atoms with van der Waals surface area (Å²) in [6.07, 6.45) is 15.0. The van der Waals surface area contributed by atoms with Crippen LogP contribution < -0.4 is 0 Å². The molecule has 0 atom stereocenters. The molecule has 0 heterocycles. The molecule has 0 spiro atoms. The molecule has 2 fully saturated rings. The molecule has 0 radical (unpaired) electrons. The highest BCUT2D eigenvalue weighted by atomic mass is 35.5. The van der Waals surface area contributed by atoms with Crippen molar-refractivity contribution in [2.75, 3.05) is 13.2 Å². The molecule has 1 aromatic carbocycles. The van der Waals surface area contributed by atoms with E-state index in [9.17, 15) is 0 Å². The van der Waals surface area contributed by atoms with Crippen molar-refractivity contribution in [1.29, 1.82) is 0 Å².